The molecule has 6 nitrogen and oxygen atoms in total. The van der Waals surface area contributed by atoms with Crippen LogP contribution < -0.4 is 5.32 Å². The van der Waals surface area contributed by atoms with Gasteiger partial charge in [0.05, 0.1) is 11.3 Å². The van der Waals surface area contributed by atoms with Crippen molar-refractivity contribution >= 4 is 21.6 Å². The van der Waals surface area contributed by atoms with E-state index in [9.17, 15) is 26.4 Å². The summed E-state index contributed by atoms with van der Waals surface area (Å²) in [6, 6.07) is 11.3. The molecular weight excluding hydrogens is 431 g/mol. The number of carbonyl (C=O) groups is 1. The molecule has 1 aliphatic heterocycles. The molecule has 31 heavy (non-hydrogen) atoms. The first-order chi connectivity index (χ1) is 14.6. The summed E-state index contributed by atoms with van der Waals surface area (Å²) in [6.45, 7) is 4.40. The summed E-state index contributed by atoms with van der Waals surface area (Å²) in [5, 5.41) is 2.48. The maximum Gasteiger partial charge on any atom is 0.416 e. The molecule has 0 atom stereocenters. The van der Waals surface area contributed by atoms with E-state index >= 15 is 0 Å². The van der Waals surface area contributed by atoms with Crippen LogP contribution in [0, 0.1) is 0 Å². The lowest BCUT2D eigenvalue weighted by Crippen LogP contribution is -2.48. The van der Waals surface area contributed by atoms with Gasteiger partial charge in [-0.25, -0.2) is 8.42 Å². The highest BCUT2D eigenvalue weighted by atomic mass is 32.2. The van der Waals surface area contributed by atoms with Crippen molar-refractivity contribution in [3.63, 3.8) is 0 Å². The van der Waals surface area contributed by atoms with Crippen LogP contribution in [0.5, 0.6) is 0 Å². The molecule has 0 radical (unpaired) electrons. The Bertz CT molecular complexity index is 1020. The standard InChI is InChI=1S/C21H24F3N3O3S/c1-2-31(29,30)27-12-10-26(11-13-27)15-16-6-8-17(9-7-16)20(28)25-19-5-3-4-18(14-19)21(22,23)24/h3-9,14H,2,10-13,15H2,1H3,(H,25,28). The average molecular weight is 456 g/mol. The fourth-order valence-electron chi connectivity index (χ4n) is 3.34. The first-order valence-corrected chi connectivity index (χ1v) is 11.5. The smallest absolute Gasteiger partial charge is 0.322 e. The summed E-state index contributed by atoms with van der Waals surface area (Å²) in [4.78, 5) is 14.5. The van der Waals surface area contributed by atoms with E-state index in [1.165, 1.54) is 16.4 Å². The van der Waals surface area contributed by atoms with Crippen molar-refractivity contribution in [3.8, 4) is 0 Å². The van der Waals surface area contributed by atoms with Gasteiger partial charge < -0.3 is 5.32 Å². The number of anilines is 1. The van der Waals surface area contributed by atoms with Crippen LogP contribution in [0.2, 0.25) is 0 Å². The van der Waals surface area contributed by atoms with Gasteiger partial charge in [-0.3, -0.25) is 9.69 Å². The van der Waals surface area contributed by atoms with Gasteiger partial charge in [0.25, 0.3) is 5.91 Å². The summed E-state index contributed by atoms with van der Waals surface area (Å²) in [6.07, 6.45) is -4.48. The van der Waals surface area contributed by atoms with Gasteiger partial charge in [-0.15, -0.1) is 0 Å². The number of piperazine rings is 1. The van der Waals surface area contributed by atoms with Crippen molar-refractivity contribution in [1.82, 2.24) is 9.21 Å². The second-order valence-corrected chi connectivity index (χ2v) is 9.56. The molecule has 0 unspecified atom stereocenters. The van der Waals surface area contributed by atoms with Gasteiger partial charge in [0.15, 0.2) is 0 Å². The zero-order valence-electron chi connectivity index (χ0n) is 17.0. The Morgan fingerprint density at radius 3 is 2.26 bits per heavy atom. The molecule has 3 rings (SSSR count). The molecule has 2 aromatic carbocycles. The lowest BCUT2D eigenvalue weighted by molar-refractivity contribution is -0.137. The molecule has 1 N–H and O–H groups in total. The van der Waals surface area contributed by atoms with Crippen LogP contribution in [0.25, 0.3) is 0 Å². The van der Waals surface area contributed by atoms with Crippen molar-refractivity contribution in [3.05, 3.63) is 65.2 Å². The van der Waals surface area contributed by atoms with Crippen LogP contribution in [-0.2, 0) is 22.7 Å². The summed E-state index contributed by atoms with van der Waals surface area (Å²) >= 11 is 0. The highest BCUT2D eigenvalue weighted by Gasteiger charge is 2.30. The number of hydrogen-bond acceptors (Lipinski definition) is 4. The van der Waals surface area contributed by atoms with Crippen molar-refractivity contribution in [1.29, 1.82) is 0 Å². The highest BCUT2D eigenvalue weighted by molar-refractivity contribution is 7.89. The number of rotatable bonds is 6. The number of amides is 1. The molecule has 1 heterocycles. The molecule has 10 heteroatoms. The van der Waals surface area contributed by atoms with Gasteiger partial charge in [-0.2, -0.15) is 17.5 Å². The molecule has 1 amide bonds. The van der Waals surface area contributed by atoms with Gasteiger partial charge in [-0.05, 0) is 42.8 Å². The minimum absolute atomic E-state index is 0.0730. The molecule has 0 saturated carbocycles. The van der Waals surface area contributed by atoms with Gasteiger partial charge in [0.2, 0.25) is 10.0 Å². The molecule has 1 fully saturated rings. The van der Waals surface area contributed by atoms with Gasteiger partial charge in [-0.1, -0.05) is 18.2 Å². The van der Waals surface area contributed by atoms with E-state index in [0.29, 0.717) is 38.3 Å². The monoisotopic (exact) mass is 455 g/mol. The number of sulfonamides is 1. The van der Waals surface area contributed by atoms with E-state index in [-0.39, 0.29) is 11.4 Å². The number of nitrogens with zero attached hydrogens (tertiary/aromatic N) is 2. The Labute approximate surface area is 179 Å². The van der Waals surface area contributed by atoms with Crippen LogP contribution in [-0.4, -0.2) is 55.5 Å². The first-order valence-electron chi connectivity index (χ1n) is 9.86. The Morgan fingerprint density at radius 2 is 1.68 bits per heavy atom. The number of nitrogens with one attached hydrogen (secondary N) is 1. The Kier molecular flexibility index (Phi) is 7.03. The van der Waals surface area contributed by atoms with E-state index < -0.39 is 27.7 Å². The van der Waals surface area contributed by atoms with Crippen LogP contribution in [0.15, 0.2) is 48.5 Å². The Morgan fingerprint density at radius 1 is 1.03 bits per heavy atom. The first kappa shape index (κ1) is 23.2. The Hall–Kier alpha value is -2.43. The minimum atomic E-state index is -4.48. The van der Waals surface area contributed by atoms with Gasteiger partial charge in [0, 0.05) is 44.0 Å². The molecule has 1 saturated heterocycles. The topological polar surface area (TPSA) is 69.7 Å². The zero-order valence-corrected chi connectivity index (χ0v) is 17.8. The van der Waals surface area contributed by atoms with E-state index in [2.05, 4.69) is 10.2 Å². The summed E-state index contributed by atoms with van der Waals surface area (Å²) in [7, 11) is -3.17. The second kappa shape index (κ2) is 9.37. The molecule has 2 aromatic rings. The number of carbonyl (C=O) groups excluding carboxylic acids is 1. The molecule has 168 valence electrons. The third kappa shape index (κ3) is 6.05. The van der Waals surface area contributed by atoms with Crippen LogP contribution in [0.1, 0.15) is 28.4 Å². The third-order valence-electron chi connectivity index (χ3n) is 5.16. The van der Waals surface area contributed by atoms with Crippen LogP contribution >= 0.6 is 0 Å². The van der Waals surface area contributed by atoms with Crippen molar-refractivity contribution in [2.75, 3.05) is 37.2 Å². The van der Waals surface area contributed by atoms with Gasteiger partial charge in [0.1, 0.15) is 0 Å². The second-order valence-electron chi connectivity index (χ2n) is 7.31. The molecular formula is C21H24F3N3O3S. The third-order valence-corrected chi connectivity index (χ3v) is 7.04. The summed E-state index contributed by atoms with van der Waals surface area (Å²) in [5.74, 6) is -0.402. The summed E-state index contributed by atoms with van der Waals surface area (Å²) in [5.41, 5.74) is 0.540. The minimum Gasteiger partial charge on any atom is -0.322 e. The Balaban J connectivity index is 1.56. The maximum absolute atomic E-state index is 12.8. The lowest BCUT2D eigenvalue weighted by Gasteiger charge is -2.33. The molecule has 0 spiro atoms. The number of alkyl halides is 3. The number of hydrogen-bond donors (Lipinski definition) is 1. The van der Waals surface area contributed by atoms with Gasteiger partial charge >= 0.3 is 6.18 Å². The predicted octanol–water partition coefficient (Wildman–Crippen LogP) is 3.43. The number of halogens is 3. The highest BCUT2D eigenvalue weighted by Crippen LogP contribution is 2.30. The fraction of sp³-hybridized carbons (Fsp3) is 0.381. The number of benzene rings is 2. The summed E-state index contributed by atoms with van der Waals surface area (Å²) < 4.78 is 63.8. The molecule has 1 aliphatic rings. The maximum atomic E-state index is 12.8. The van der Waals surface area contributed by atoms with Crippen LogP contribution in [0.3, 0.4) is 0 Å². The van der Waals surface area contributed by atoms with Crippen LogP contribution in [0.4, 0.5) is 18.9 Å². The molecule has 0 bridgehead atoms. The SMILES string of the molecule is CCS(=O)(=O)N1CCN(Cc2ccc(C(=O)Nc3cccc(C(F)(F)F)c3)cc2)CC1. The van der Waals surface area contributed by atoms with Crippen molar-refractivity contribution in [2.45, 2.75) is 19.6 Å². The quantitative estimate of drug-likeness (QED) is 0.725. The largest absolute Gasteiger partial charge is 0.416 e. The molecule has 0 aliphatic carbocycles. The average Bonchev–Trinajstić information content (AvgIpc) is 2.74. The fourth-order valence-corrected chi connectivity index (χ4v) is 4.43. The molecule has 0 aromatic heterocycles. The lowest BCUT2D eigenvalue weighted by atomic mass is 10.1. The van der Waals surface area contributed by atoms with Crippen molar-refractivity contribution < 1.29 is 26.4 Å². The predicted molar refractivity (Wildman–Crippen MR) is 112 cm³/mol. The van der Waals surface area contributed by atoms with E-state index in [1.807, 2.05) is 0 Å². The van der Waals surface area contributed by atoms with E-state index in [1.54, 1.807) is 31.2 Å². The van der Waals surface area contributed by atoms with Crippen molar-refractivity contribution in [2.24, 2.45) is 0 Å². The van der Waals surface area contributed by atoms with E-state index in [0.717, 1.165) is 17.7 Å². The zero-order chi connectivity index (χ0) is 22.6. The van der Waals surface area contributed by atoms with E-state index in [4.69, 9.17) is 0 Å². The normalized spacial score (nSPS) is 16.3.